The van der Waals surface area contributed by atoms with Crippen molar-refractivity contribution in [2.75, 3.05) is 0 Å². The van der Waals surface area contributed by atoms with Gasteiger partial charge in [-0.15, -0.1) is 0 Å². The van der Waals surface area contributed by atoms with Gasteiger partial charge in [-0.3, -0.25) is 19.5 Å². The number of aromatic nitrogens is 1. The van der Waals surface area contributed by atoms with Crippen molar-refractivity contribution < 1.29 is 9.59 Å². The second-order valence-corrected chi connectivity index (χ2v) is 3.94. The van der Waals surface area contributed by atoms with Gasteiger partial charge in [-0.05, 0) is 18.1 Å². The fourth-order valence-electron chi connectivity index (χ4n) is 1.64. The fraction of sp³-hybridized carbons (Fsp3) is 0.364. The Kier molecular flexibility index (Phi) is 2.26. The quantitative estimate of drug-likeness (QED) is 0.535. The molecule has 15 heavy (non-hydrogen) atoms. The van der Waals surface area contributed by atoms with Gasteiger partial charge in [-0.25, -0.2) is 0 Å². The van der Waals surface area contributed by atoms with Crippen LogP contribution in [0.3, 0.4) is 0 Å². The van der Waals surface area contributed by atoms with Gasteiger partial charge in [0.15, 0.2) is 0 Å². The molecule has 2 rings (SSSR count). The summed E-state index contributed by atoms with van der Waals surface area (Å²) in [5, 5.41) is 0. The summed E-state index contributed by atoms with van der Waals surface area (Å²) in [6.45, 7) is 3.87. The Morgan fingerprint density at radius 2 is 2.00 bits per heavy atom. The zero-order valence-corrected chi connectivity index (χ0v) is 8.68. The molecule has 1 fully saturated rings. The van der Waals surface area contributed by atoms with E-state index in [4.69, 9.17) is 0 Å². The largest absolute Gasteiger partial charge is 0.272 e. The van der Waals surface area contributed by atoms with Crippen molar-refractivity contribution in [1.29, 1.82) is 0 Å². The number of hydrogen-bond acceptors (Lipinski definition) is 3. The van der Waals surface area contributed by atoms with Crippen molar-refractivity contribution in [2.24, 2.45) is 5.92 Å². The van der Waals surface area contributed by atoms with E-state index in [0.29, 0.717) is 5.56 Å². The predicted octanol–water partition coefficient (Wildman–Crippen LogP) is 1.09. The van der Waals surface area contributed by atoms with Gasteiger partial charge < -0.3 is 0 Å². The van der Waals surface area contributed by atoms with Crippen LogP contribution < -0.4 is 0 Å². The molecule has 0 N–H and O–H groups in total. The summed E-state index contributed by atoms with van der Waals surface area (Å²) in [6.07, 6.45) is 3.09. The molecule has 0 bridgehead atoms. The summed E-state index contributed by atoms with van der Waals surface area (Å²) < 4.78 is 0. The van der Waals surface area contributed by atoms with E-state index in [1.807, 2.05) is 13.8 Å². The molecule has 2 heterocycles. The Hall–Kier alpha value is -1.71. The van der Waals surface area contributed by atoms with Gasteiger partial charge in [0.05, 0.1) is 0 Å². The first kappa shape index (κ1) is 9.83. The molecule has 1 aromatic heterocycles. The Morgan fingerprint density at radius 3 is 2.47 bits per heavy atom. The highest BCUT2D eigenvalue weighted by atomic mass is 16.2. The molecule has 4 heteroatoms. The monoisotopic (exact) mass is 204 g/mol. The molecule has 1 unspecified atom stereocenters. The lowest BCUT2D eigenvalue weighted by Crippen LogP contribution is -2.16. The number of amides is 2. The van der Waals surface area contributed by atoms with E-state index in [-0.39, 0.29) is 23.8 Å². The number of hydrogen-bond donors (Lipinski definition) is 0. The Balaban J connectivity index is 2.15. The van der Waals surface area contributed by atoms with Crippen molar-refractivity contribution in [1.82, 2.24) is 9.88 Å². The highest BCUT2D eigenvalue weighted by molar-refractivity contribution is 6.16. The summed E-state index contributed by atoms with van der Waals surface area (Å²) in [5.41, 5.74) is 0.515. The molecule has 0 radical (unpaired) electrons. The summed E-state index contributed by atoms with van der Waals surface area (Å²) in [6, 6.07) is 3.00. The maximum Gasteiger partial charge on any atom is 0.261 e. The second-order valence-electron chi connectivity index (χ2n) is 3.94. The van der Waals surface area contributed by atoms with E-state index < -0.39 is 0 Å². The third-order valence-corrected chi connectivity index (χ3v) is 2.48. The van der Waals surface area contributed by atoms with Crippen molar-refractivity contribution >= 4 is 11.8 Å². The maximum absolute atomic E-state index is 11.8. The average molecular weight is 204 g/mol. The molecule has 2 amide bonds. The lowest BCUT2D eigenvalue weighted by molar-refractivity contribution is -0.113. The zero-order chi connectivity index (χ0) is 11.0. The molecule has 1 aliphatic rings. The Morgan fingerprint density at radius 1 is 1.40 bits per heavy atom. The first-order valence-corrected chi connectivity index (χ1v) is 4.90. The van der Waals surface area contributed by atoms with E-state index in [9.17, 15) is 9.59 Å². The highest BCUT2D eigenvalue weighted by Gasteiger charge is 2.52. The van der Waals surface area contributed by atoms with Crippen LogP contribution >= 0.6 is 0 Å². The maximum atomic E-state index is 11.8. The van der Waals surface area contributed by atoms with Crippen molar-refractivity contribution in [3.63, 3.8) is 0 Å². The molecular formula is C11H12N2O2. The minimum atomic E-state index is -0.231. The Bertz CT molecular complexity index is 400. The van der Waals surface area contributed by atoms with Crippen LogP contribution in [0.25, 0.3) is 0 Å². The van der Waals surface area contributed by atoms with Crippen LogP contribution in [-0.2, 0) is 4.79 Å². The van der Waals surface area contributed by atoms with E-state index in [0.717, 1.165) is 0 Å². The smallest absolute Gasteiger partial charge is 0.261 e. The molecule has 0 aromatic carbocycles. The topological polar surface area (TPSA) is 50.0 Å². The van der Waals surface area contributed by atoms with Crippen molar-refractivity contribution in [3.8, 4) is 0 Å². The minimum absolute atomic E-state index is 0.0770. The van der Waals surface area contributed by atoms with Crippen LogP contribution in [0.2, 0.25) is 0 Å². The molecule has 0 saturated carbocycles. The Labute approximate surface area is 87.9 Å². The van der Waals surface area contributed by atoms with Gasteiger partial charge in [-0.1, -0.05) is 13.8 Å². The molecule has 1 saturated heterocycles. The number of carbonyl (C=O) groups excluding carboxylic acids is 2. The lowest BCUT2D eigenvalue weighted by atomic mass is 10.1. The minimum Gasteiger partial charge on any atom is -0.272 e. The first-order chi connectivity index (χ1) is 7.13. The van der Waals surface area contributed by atoms with Crippen LogP contribution in [0.4, 0.5) is 0 Å². The van der Waals surface area contributed by atoms with E-state index in [1.54, 1.807) is 24.5 Å². The summed E-state index contributed by atoms with van der Waals surface area (Å²) in [7, 11) is 0. The number of imide groups is 1. The molecular weight excluding hydrogens is 192 g/mol. The SMILES string of the molecule is CC(C)C1C(=O)N1C(=O)c1ccncc1. The summed E-state index contributed by atoms with van der Waals surface area (Å²) in [4.78, 5) is 28.3. The molecule has 78 valence electrons. The highest BCUT2D eigenvalue weighted by Crippen LogP contribution is 2.29. The van der Waals surface area contributed by atoms with Crippen LogP contribution in [0.15, 0.2) is 24.5 Å². The molecule has 0 spiro atoms. The van der Waals surface area contributed by atoms with E-state index in [1.165, 1.54) is 4.90 Å². The van der Waals surface area contributed by atoms with Crippen molar-refractivity contribution in [3.05, 3.63) is 30.1 Å². The fourth-order valence-corrected chi connectivity index (χ4v) is 1.64. The van der Waals surface area contributed by atoms with Crippen LogP contribution in [0.5, 0.6) is 0 Å². The van der Waals surface area contributed by atoms with Gasteiger partial charge in [-0.2, -0.15) is 0 Å². The molecule has 1 aliphatic heterocycles. The normalized spacial score (nSPS) is 19.5. The van der Waals surface area contributed by atoms with Gasteiger partial charge >= 0.3 is 0 Å². The number of pyridine rings is 1. The zero-order valence-electron chi connectivity index (χ0n) is 8.68. The summed E-state index contributed by atoms with van der Waals surface area (Å²) in [5.74, 6) is -0.115. The molecule has 1 aromatic rings. The van der Waals surface area contributed by atoms with Crippen LogP contribution in [0, 0.1) is 5.92 Å². The van der Waals surface area contributed by atoms with E-state index in [2.05, 4.69) is 4.98 Å². The standard InChI is InChI=1S/C11H12N2O2/c1-7(2)9-11(15)13(9)10(14)8-3-5-12-6-4-8/h3-7,9H,1-2H3. The third-order valence-electron chi connectivity index (χ3n) is 2.48. The predicted molar refractivity (Wildman–Crippen MR) is 54.0 cm³/mol. The van der Waals surface area contributed by atoms with E-state index >= 15 is 0 Å². The van der Waals surface area contributed by atoms with Gasteiger partial charge in [0.25, 0.3) is 11.8 Å². The first-order valence-electron chi connectivity index (χ1n) is 4.90. The van der Waals surface area contributed by atoms with Gasteiger partial charge in [0.1, 0.15) is 6.04 Å². The second kappa shape index (κ2) is 3.46. The summed E-state index contributed by atoms with van der Waals surface area (Å²) >= 11 is 0. The molecule has 4 nitrogen and oxygen atoms in total. The van der Waals surface area contributed by atoms with Crippen molar-refractivity contribution in [2.45, 2.75) is 19.9 Å². The molecule has 0 aliphatic carbocycles. The number of rotatable bonds is 2. The third kappa shape index (κ3) is 1.63. The number of carbonyl (C=O) groups is 2. The van der Waals surface area contributed by atoms with Gasteiger partial charge in [0, 0.05) is 18.0 Å². The number of nitrogens with zero attached hydrogens (tertiary/aromatic N) is 2. The lowest BCUT2D eigenvalue weighted by Gasteiger charge is -2.03. The van der Waals surface area contributed by atoms with Crippen LogP contribution in [-0.4, -0.2) is 27.7 Å². The molecule has 1 atom stereocenters. The average Bonchev–Trinajstić information content (AvgIpc) is 2.90. The van der Waals surface area contributed by atoms with Crippen LogP contribution in [0.1, 0.15) is 24.2 Å². The van der Waals surface area contributed by atoms with Gasteiger partial charge in [0.2, 0.25) is 0 Å².